The number of ether oxygens (including phenoxy) is 1. The first kappa shape index (κ1) is 14.3. The highest BCUT2D eigenvalue weighted by molar-refractivity contribution is 6.15. The van der Waals surface area contributed by atoms with Gasteiger partial charge >= 0.3 is 0 Å². The number of methoxy groups -OCH3 is 1. The van der Waals surface area contributed by atoms with Gasteiger partial charge in [-0.3, -0.25) is 9.98 Å². The molecule has 1 aliphatic rings. The number of nitrogens with zero attached hydrogens (tertiary/aromatic N) is 2. The number of phenols is 1. The minimum absolute atomic E-state index is 0.146. The molecule has 0 radical (unpaired) electrons. The van der Waals surface area contributed by atoms with Crippen molar-refractivity contribution in [2.45, 2.75) is 12.8 Å². The van der Waals surface area contributed by atoms with Crippen LogP contribution in [0.3, 0.4) is 0 Å². The Bertz CT molecular complexity index is 721. The van der Waals surface area contributed by atoms with Crippen LogP contribution in [0.15, 0.2) is 53.3 Å². The predicted molar refractivity (Wildman–Crippen MR) is 87.5 cm³/mol. The Morgan fingerprint density at radius 1 is 1.27 bits per heavy atom. The highest BCUT2D eigenvalue weighted by atomic mass is 16.5. The molecule has 4 heteroatoms. The quantitative estimate of drug-likeness (QED) is 0.943. The zero-order valence-corrected chi connectivity index (χ0v) is 12.5. The van der Waals surface area contributed by atoms with E-state index in [0.717, 1.165) is 36.2 Å². The van der Waals surface area contributed by atoms with Crippen molar-refractivity contribution in [1.29, 1.82) is 0 Å². The van der Waals surface area contributed by atoms with Gasteiger partial charge < -0.3 is 9.84 Å². The summed E-state index contributed by atoms with van der Waals surface area (Å²) in [6.45, 7) is 0.843. The fourth-order valence-electron chi connectivity index (χ4n) is 2.60. The van der Waals surface area contributed by atoms with E-state index in [0.29, 0.717) is 5.75 Å². The van der Waals surface area contributed by atoms with Crippen molar-refractivity contribution in [3.63, 3.8) is 0 Å². The van der Waals surface area contributed by atoms with Gasteiger partial charge in [-0.15, -0.1) is 0 Å². The maximum atomic E-state index is 9.91. The van der Waals surface area contributed by atoms with Gasteiger partial charge in [-0.25, -0.2) is 0 Å². The lowest BCUT2D eigenvalue weighted by atomic mass is 9.95. The topological polar surface area (TPSA) is 54.7 Å². The van der Waals surface area contributed by atoms with Crippen molar-refractivity contribution in [3.05, 3.63) is 59.4 Å². The minimum atomic E-state index is 0.146. The molecule has 0 aliphatic carbocycles. The van der Waals surface area contributed by atoms with Gasteiger partial charge in [0.25, 0.3) is 0 Å². The highest BCUT2D eigenvalue weighted by Gasteiger charge is 2.14. The maximum absolute atomic E-state index is 9.91. The highest BCUT2D eigenvalue weighted by Crippen LogP contribution is 2.28. The molecule has 2 aromatic rings. The summed E-state index contributed by atoms with van der Waals surface area (Å²) < 4.78 is 5.08. The summed E-state index contributed by atoms with van der Waals surface area (Å²) in [5.41, 5.74) is 4.14. The number of phenolic OH excluding ortho intramolecular Hbond substituents is 1. The molecule has 3 rings (SSSR count). The number of aliphatic imine (C=N–C) groups is 1. The van der Waals surface area contributed by atoms with Crippen molar-refractivity contribution < 1.29 is 9.84 Å². The van der Waals surface area contributed by atoms with E-state index in [9.17, 15) is 5.11 Å². The van der Waals surface area contributed by atoms with Gasteiger partial charge in [0.1, 0.15) is 0 Å². The predicted octanol–water partition coefficient (Wildman–Crippen LogP) is 3.46. The number of pyridine rings is 1. The lowest BCUT2D eigenvalue weighted by molar-refractivity contribution is 0.373. The van der Waals surface area contributed by atoms with Gasteiger partial charge in [-0.05, 0) is 54.3 Å². The Labute approximate surface area is 129 Å². The van der Waals surface area contributed by atoms with Gasteiger partial charge in [0.2, 0.25) is 0 Å². The summed E-state index contributed by atoms with van der Waals surface area (Å²) >= 11 is 0. The summed E-state index contributed by atoms with van der Waals surface area (Å²) in [4.78, 5) is 8.83. The van der Waals surface area contributed by atoms with E-state index in [2.05, 4.69) is 16.1 Å². The Kier molecular flexibility index (Phi) is 4.19. The zero-order chi connectivity index (χ0) is 15.4. The smallest absolute Gasteiger partial charge is 0.160 e. The zero-order valence-electron chi connectivity index (χ0n) is 12.5. The van der Waals surface area contributed by atoms with E-state index in [4.69, 9.17) is 4.74 Å². The molecule has 0 saturated heterocycles. The van der Waals surface area contributed by atoms with Crippen molar-refractivity contribution in [3.8, 4) is 11.5 Å². The molecule has 1 aromatic heterocycles. The number of aromatic hydroxyl groups is 1. The first-order valence-corrected chi connectivity index (χ1v) is 7.31. The van der Waals surface area contributed by atoms with Crippen molar-refractivity contribution in [2.75, 3.05) is 13.7 Å². The molecule has 0 saturated carbocycles. The van der Waals surface area contributed by atoms with E-state index in [1.165, 1.54) is 5.57 Å². The van der Waals surface area contributed by atoms with Crippen LogP contribution in [-0.4, -0.2) is 29.5 Å². The first-order chi connectivity index (χ1) is 10.8. The Balaban J connectivity index is 1.96. The van der Waals surface area contributed by atoms with Gasteiger partial charge in [-0.1, -0.05) is 6.07 Å². The van der Waals surface area contributed by atoms with E-state index >= 15 is 0 Å². The van der Waals surface area contributed by atoms with Crippen LogP contribution in [0.25, 0.3) is 6.08 Å². The molecule has 1 aliphatic heterocycles. The third-order valence-electron chi connectivity index (χ3n) is 3.66. The molecule has 22 heavy (non-hydrogen) atoms. The van der Waals surface area contributed by atoms with Crippen LogP contribution in [-0.2, 0) is 0 Å². The monoisotopic (exact) mass is 294 g/mol. The second kappa shape index (κ2) is 6.43. The molecular weight excluding hydrogens is 276 g/mol. The fraction of sp³-hybridized carbons (Fsp3) is 0.222. The van der Waals surface area contributed by atoms with Gasteiger partial charge in [0.05, 0.1) is 12.8 Å². The standard InChI is InChI=1S/C18H18N2O2/c1-22-17-7-6-13(11-16(17)21)10-14-4-3-9-20-18(14)15-5-2-8-19-12-15/h2,5-8,10-12,21H,3-4,9H2,1H3/b14-10+. The average Bonchev–Trinajstić information content (AvgIpc) is 2.56. The lowest BCUT2D eigenvalue weighted by Gasteiger charge is -2.16. The average molecular weight is 294 g/mol. The van der Waals surface area contributed by atoms with E-state index in [1.807, 2.05) is 24.4 Å². The third-order valence-corrected chi connectivity index (χ3v) is 3.66. The number of hydrogen-bond acceptors (Lipinski definition) is 4. The van der Waals surface area contributed by atoms with Crippen LogP contribution < -0.4 is 4.74 Å². The molecule has 0 spiro atoms. The van der Waals surface area contributed by atoms with Gasteiger partial charge in [0.15, 0.2) is 11.5 Å². The molecule has 4 nitrogen and oxygen atoms in total. The van der Waals surface area contributed by atoms with E-state index in [-0.39, 0.29) is 5.75 Å². The lowest BCUT2D eigenvalue weighted by Crippen LogP contribution is -2.11. The third kappa shape index (κ3) is 3.01. The maximum Gasteiger partial charge on any atom is 0.160 e. The summed E-state index contributed by atoms with van der Waals surface area (Å²) in [6, 6.07) is 9.35. The van der Waals surface area contributed by atoms with Crippen LogP contribution in [0.2, 0.25) is 0 Å². The van der Waals surface area contributed by atoms with Crippen molar-refractivity contribution in [1.82, 2.24) is 4.98 Å². The van der Waals surface area contributed by atoms with Crippen molar-refractivity contribution in [2.24, 2.45) is 4.99 Å². The normalized spacial score (nSPS) is 16.4. The largest absolute Gasteiger partial charge is 0.504 e. The molecule has 1 aromatic carbocycles. The van der Waals surface area contributed by atoms with Crippen LogP contribution in [0.5, 0.6) is 11.5 Å². The SMILES string of the molecule is COc1ccc(/C=C2\CCCN=C2c2cccnc2)cc1O. The molecule has 2 heterocycles. The van der Waals surface area contributed by atoms with Gasteiger partial charge in [-0.2, -0.15) is 0 Å². The fourth-order valence-corrected chi connectivity index (χ4v) is 2.60. The molecule has 112 valence electrons. The second-order valence-electron chi connectivity index (χ2n) is 5.18. The Hall–Kier alpha value is -2.62. The first-order valence-electron chi connectivity index (χ1n) is 7.31. The summed E-state index contributed by atoms with van der Waals surface area (Å²) in [6.07, 6.45) is 7.68. The minimum Gasteiger partial charge on any atom is -0.504 e. The van der Waals surface area contributed by atoms with Crippen LogP contribution in [0.4, 0.5) is 0 Å². The molecular formula is C18H18N2O2. The molecule has 0 atom stereocenters. The molecule has 0 amide bonds. The van der Waals surface area contributed by atoms with Crippen molar-refractivity contribution >= 4 is 11.8 Å². The molecule has 0 fully saturated rings. The summed E-state index contributed by atoms with van der Waals surface area (Å²) in [5.74, 6) is 0.625. The van der Waals surface area contributed by atoms with Crippen LogP contribution >= 0.6 is 0 Å². The summed E-state index contributed by atoms with van der Waals surface area (Å²) in [5, 5.41) is 9.91. The molecule has 1 N–H and O–H groups in total. The number of rotatable bonds is 3. The van der Waals surface area contributed by atoms with E-state index < -0.39 is 0 Å². The number of hydrogen-bond donors (Lipinski definition) is 1. The van der Waals surface area contributed by atoms with Crippen LogP contribution in [0.1, 0.15) is 24.0 Å². The number of benzene rings is 1. The summed E-state index contributed by atoms with van der Waals surface area (Å²) in [7, 11) is 1.54. The number of aromatic nitrogens is 1. The second-order valence-corrected chi connectivity index (χ2v) is 5.18. The molecule has 0 unspecified atom stereocenters. The Morgan fingerprint density at radius 3 is 2.91 bits per heavy atom. The van der Waals surface area contributed by atoms with E-state index in [1.54, 1.807) is 25.4 Å². The number of allylic oxidation sites excluding steroid dienone is 1. The molecule has 0 bridgehead atoms. The Morgan fingerprint density at radius 2 is 2.18 bits per heavy atom. The van der Waals surface area contributed by atoms with Gasteiger partial charge in [0, 0.05) is 24.5 Å². The van der Waals surface area contributed by atoms with Crippen LogP contribution in [0, 0.1) is 0 Å².